The van der Waals surface area contributed by atoms with Gasteiger partial charge in [0.1, 0.15) is 0 Å². The molecule has 4 heteroatoms. The zero-order chi connectivity index (χ0) is 21.1. The Kier molecular flexibility index (Phi) is 11.3. The molecule has 0 saturated heterocycles. The summed E-state index contributed by atoms with van der Waals surface area (Å²) in [4.78, 5) is 20.0. The van der Waals surface area contributed by atoms with Gasteiger partial charge in [0.15, 0.2) is 0 Å². The zero-order valence-electron chi connectivity index (χ0n) is 18.5. The van der Waals surface area contributed by atoms with Crippen LogP contribution in [0.5, 0.6) is 0 Å². The molecule has 0 aromatic carbocycles. The van der Waals surface area contributed by atoms with E-state index in [9.17, 15) is 9.59 Å². The maximum Gasteiger partial charge on any atom is 0.306 e. The van der Waals surface area contributed by atoms with Crippen LogP contribution in [-0.4, -0.2) is 24.2 Å². The molecule has 0 aliphatic heterocycles. The molecule has 2 aliphatic rings. The van der Waals surface area contributed by atoms with Crippen LogP contribution in [0.1, 0.15) is 92.9 Å². The minimum absolute atomic E-state index is 0.0498. The second kappa shape index (κ2) is 12.0. The first kappa shape index (κ1) is 25.4. The number of esters is 1. The first-order chi connectivity index (χ1) is 12.4. The monoisotopic (exact) mass is 380 g/mol. The number of carboxylic acids is 1. The van der Waals surface area contributed by atoms with Crippen molar-refractivity contribution in [3.05, 3.63) is 23.3 Å². The number of carboxylic acid groups (broad SMARTS) is 1. The van der Waals surface area contributed by atoms with Crippen molar-refractivity contribution >= 4 is 11.9 Å². The molecule has 2 aliphatic carbocycles. The maximum absolute atomic E-state index is 10.2. The van der Waals surface area contributed by atoms with E-state index in [1.807, 2.05) is 0 Å². The Hall–Kier alpha value is -1.58. The van der Waals surface area contributed by atoms with Gasteiger partial charge in [-0.1, -0.05) is 51.0 Å². The summed E-state index contributed by atoms with van der Waals surface area (Å²) in [5, 5.41) is 8.05. The lowest BCUT2D eigenvalue weighted by atomic mass is 9.79. The van der Waals surface area contributed by atoms with Crippen LogP contribution in [0, 0.1) is 10.8 Å². The molecule has 0 unspecified atom stereocenters. The largest absolute Gasteiger partial charge is 0.481 e. The minimum Gasteiger partial charge on any atom is -0.481 e. The van der Waals surface area contributed by atoms with E-state index in [1.54, 1.807) is 11.1 Å². The highest BCUT2D eigenvalue weighted by Crippen LogP contribution is 2.34. The highest BCUT2D eigenvalue weighted by molar-refractivity contribution is 5.76. The maximum atomic E-state index is 10.2. The first-order valence-corrected chi connectivity index (χ1v) is 9.97. The summed E-state index contributed by atoms with van der Waals surface area (Å²) in [5.41, 5.74) is 4.32. The lowest BCUT2D eigenvalue weighted by Crippen LogP contribution is -2.13. The fraction of sp³-hybridized carbons (Fsp3) is 0.739. The number of allylic oxidation sites excluding steroid dienone is 4. The standard InChI is InChI=1S/2C9H16.C5H8O4/c2*1-8-4-6-9(2,3)7-5-8;1-9-5(8)3-2-4(6)7/h2*4H,5-7H2,1-3H3;2-3H2,1H3,(H,6,7). The Bertz CT molecular complexity index is 505. The SMILES string of the molecule is CC1=CCC(C)(C)CC1.CC1=CCC(C)(C)CC1.COC(=O)CCC(=O)O. The Morgan fingerprint density at radius 3 is 1.56 bits per heavy atom. The summed E-state index contributed by atoms with van der Waals surface area (Å²) in [7, 11) is 1.23. The fourth-order valence-electron chi connectivity index (χ4n) is 2.69. The van der Waals surface area contributed by atoms with Crippen LogP contribution in [0.25, 0.3) is 0 Å². The van der Waals surface area contributed by atoms with Crippen molar-refractivity contribution in [2.75, 3.05) is 7.11 Å². The molecule has 0 atom stereocenters. The lowest BCUT2D eigenvalue weighted by molar-refractivity contribution is -0.145. The summed E-state index contributed by atoms with van der Waals surface area (Å²) in [6, 6.07) is 0. The fourth-order valence-corrected chi connectivity index (χ4v) is 2.69. The molecule has 0 heterocycles. The normalized spacial score (nSPS) is 19.8. The summed E-state index contributed by atoms with van der Waals surface area (Å²) >= 11 is 0. The van der Waals surface area contributed by atoms with E-state index in [0.717, 1.165) is 0 Å². The van der Waals surface area contributed by atoms with Crippen LogP contribution in [0.3, 0.4) is 0 Å². The molecule has 0 bridgehead atoms. The molecule has 0 fully saturated rings. The van der Waals surface area contributed by atoms with Crippen molar-refractivity contribution in [2.24, 2.45) is 10.8 Å². The molecule has 0 amide bonds. The average Bonchev–Trinajstić information content (AvgIpc) is 2.59. The van der Waals surface area contributed by atoms with E-state index < -0.39 is 11.9 Å². The molecule has 156 valence electrons. The molecule has 27 heavy (non-hydrogen) atoms. The van der Waals surface area contributed by atoms with E-state index in [2.05, 4.69) is 58.4 Å². The summed E-state index contributed by atoms with van der Waals surface area (Å²) < 4.78 is 4.20. The van der Waals surface area contributed by atoms with Gasteiger partial charge in [0.25, 0.3) is 0 Å². The van der Waals surface area contributed by atoms with Gasteiger partial charge in [0.05, 0.1) is 20.0 Å². The molecule has 4 nitrogen and oxygen atoms in total. The van der Waals surface area contributed by atoms with Crippen molar-refractivity contribution in [1.82, 2.24) is 0 Å². The molecular formula is C23H40O4. The average molecular weight is 381 g/mol. The Balaban J connectivity index is 0.000000376. The van der Waals surface area contributed by atoms with Crippen LogP contribution in [0.15, 0.2) is 23.3 Å². The summed E-state index contributed by atoms with van der Waals surface area (Å²) in [5.74, 6) is -1.47. The van der Waals surface area contributed by atoms with Crippen molar-refractivity contribution in [1.29, 1.82) is 0 Å². The van der Waals surface area contributed by atoms with Gasteiger partial charge in [-0.25, -0.2) is 0 Å². The third-order valence-electron chi connectivity index (χ3n) is 5.17. The van der Waals surface area contributed by atoms with E-state index in [1.165, 1.54) is 45.6 Å². The van der Waals surface area contributed by atoms with Gasteiger partial charge in [0, 0.05) is 0 Å². The Morgan fingerprint density at radius 1 is 0.926 bits per heavy atom. The molecule has 1 N–H and O–H groups in total. The molecule has 0 aromatic rings. The van der Waals surface area contributed by atoms with Gasteiger partial charge in [-0.2, -0.15) is 0 Å². The number of carbonyl (C=O) groups is 2. The van der Waals surface area contributed by atoms with Gasteiger partial charge in [-0.15, -0.1) is 0 Å². The number of hydrogen-bond acceptors (Lipinski definition) is 3. The highest BCUT2D eigenvalue weighted by atomic mass is 16.5. The zero-order valence-corrected chi connectivity index (χ0v) is 18.5. The topological polar surface area (TPSA) is 63.6 Å². The van der Waals surface area contributed by atoms with Crippen molar-refractivity contribution < 1.29 is 19.4 Å². The molecule has 0 saturated carbocycles. The molecule has 2 rings (SSSR count). The molecular weight excluding hydrogens is 340 g/mol. The van der Waals surface area contributed by atoms with E-state index >= 15 is 0 Å². The van der Waals surface area contributed by atoms with Gasteiger partial charge >= 0.3 is 11.9 Å². The van der Waals surface area contributed by atoms with Crippen molar-refractivity contribution in [3.8, 4) is 0 Å². The van der Waals surface area contributed by atoms with Crippen LogP contribution in [0.4, 0.5) is 0 Å². The first-order valence-electron chi connectivity index (χ1n) is 9.97. The van der Waals surface area contributed by atoms with E-state index in [4.69, 9.17) is 5.11 Å². The van der Waals surface area contributed by atoms with Crippen molar-refractivity contribution in [2.45, 2.75) is 92.9 Å². The number of methoxy groups -OCH3 is 1. The highest BCUT2D eigenvalue weighted by Gasteiger charge is 2.19. The summed E-state index contributed by atoms with van der Waals surface area (Å²) in [6.45, 7) is 13.8. The minimum atomic E-state index is -0.986. The van der Waals surface area contributed by atoms with Crippen LogP contribution < -0.4 is 0 Å². The number of rotatable bonds is 3. The van der Waals surface area contributed by atoms with Crippen LogP contribution in [0.2, 0.25) is 0 Å². The van der Waals surface area contributed by atoms with Crippen LogP contribution >= 0.6 is 0 Å². The van der Waals surface area contributed by atoms with E-state index in [-0.39, 0.29) is 12.8 Å². The second-order valence-electron chi connectivity index (χ2n) is 9.31. The molecule has 0 aromatic heterocycles. The third kappa shape index (κ3) is 14.2. The van der Waals surface area contributed by atoms with Gasteiger partial charge in [-0.05, 0) is 63.2 Å². The quantitative estimate of drug-likeness (QED) is 0.460. The molecule has 0 spiro atoms. The van der Waals surface area contributed by atoms with Crippen LogP contribution in [-0.2, 0) is 14.3 Å². The van der Waals surface area contributed by atoms with Gasteiger partial charge < -0.3 is 9.84 Å². The predicted molar refractivity (Wildman–Crippen MR) is 112 cm³/mol. The second-order valence-corrected chi connectivity index (χ2v) is 9.31. The summed E-state index contributed by atoms with van der Waals surface area (Å²) in [6.07, 6.45) is 12.5. The smallest absolute Gasteiger partial charge is 0.306 e. The molecule has 0 radical (unpaired) electrons. The number of aliphatic carboxylic acids is 1. The third-order valence-corrected chi connectivity index (χ3v) is 5.17. The number of carbonyl (C=O) groups excluding carboxylic acids is 1. The Labute approximate surface area is 166 Å². The lowest BCUT2D eigenvalue weighted by Gasteiger charge is -2.27. The predicted octanol–water partition coefficient (Wildman–Crippen LogP) is 6.31. The van der Waals surface area contributed by atoms with Gasteiger partial charge in [0.2, 0.25) is 0 Å². The number of ether oxygens (including phenoxy) is 1. The van der Waals surface area contributed by atoms with Crippen molar-refractivity contribution in [3.63, 3.8) is 0 Å². The Morgan fingerprint density at radius 2 is 1.33 bits per heavy atom. The number of hydrogen-bond donors (Lipinski definition) is 1. The van der Waals surface area contributed by atoms with Gasteiger partial charge in [-0.3, -0.25) is 9.59 Å². The van der Waals surface area contributed by atoms with E-state index in [0.29, 0.717) is 10.8 Å².